The lowest BCUT2D eigenvalue weighted by atomic mass is 10.3. The van der Waals surface area contributed by atoms with Crippen LogP contribution < -0.4 is 4.90 Å². The molecule has 6 heteroatoms. The van der Waals surface area contributed by atoms with Gasteiger partial charge in [0.15, 0.2) is 5.12 Å². The zero-order valence-corrected chi connectivity index (χ0v) is 12.1. The van der Waals surface area contributed by atoms with Gasteiger partial charge >= 0.3 is 0 Å². The molecule has 18 heavy (non-hydrogen) atoms. The third-order valence-corrected chi connectivity index (χ3v) is 4.28. The summed E-state index contributed by atoms with van der Waals surface area (Å²) in [7, 11) is 0. The first kappa shape index (κ1) is 13.4. The number of anilines is 1. The van der Waals surface area contributed by atoms with E-state index in [1.165, 1.54) is 24.8 Å². The van der Waals surface area contributed by atoms with Gasteiger partial charge in [0, 0.05) is 30.8 Å². The van der Waals surface area contributed by atoms with Gasteiger partial charge in [-0.3, -0.25) is 9.59 Å². The monoisotopic (exact) mass is 329 g/mol. The fraction of sp³-hybridized carbons (Fsp3) is 0.333. The molecule has 4 nitrogen and oxygen atoms in total. The molecular formula is C12H12BrNO3S. The molecule has 1 amide bonds. The van der Waals surface area contributed by atoms with Crippen LogP contribution in [0.25, 0.3) is 0 Å². The fourth-order valence-electron chi connectivity index (χ4n) is 1.90. The quantitative estimate of drug-likeness (QED) is 0.905. The molecule has 1 heterocycles. The smallest absolute Gasteiger partial charge is 0.228 e. The molecular weight excluding hydrogens is 318 g/mol. The molecule has 2 rings (SSSR count). The predicted molar refractivity (Wildman–Crippen MR) is 74.8 cm³/mol. The maximum atomic E-state index is 11.9. The Morgan fingerprint density at radius 3 is 2.89 bits per heavy atom. The van der Waals surface area contributed by atoms with E-state index in [-0.39, 0.29) is 22.0 Å². The van der Waals surface area contributed by atoms with Crippen molar-refractivity contribution in [1.29, 1.82) is 0 Å². The Morgan fingerprint density at radius 2 is 2.28 bits per heavy atom. The molecule has 1 aromatic carbocycles. The number of phenols is 1. The molecule has 0 saturated carbocycles. The van der Waals surface area contributed by atoms with E-state index < -0.39 is 0 Å². The van der Waals surface area contributed by atoms with Gasteiger partial charge in [0.2, 0.25) is 5.91 Å². The summed E-state index contributed by atoms with van der Waals surface area (Å²) in [4.78, 5) is 24.6. The summed E-state index contributed by atoms with van der Waals surface area (Å²) >= 11 is 4.43. The van der Waals surface area contributed by atoms with E-state index in [0.717, 1.165) is 5.69 Å². The highest BCUT2D eigenvalue weighted by Crippen LogP contribution is 2.33. The second-order valence-electron chi connectivity index (χ2n) is 4.08. The molecule has 0 aromatic heterocycles. The number of hydrogen-bond acceptors (Lipinski definition) is 4. The first-order valence-corrected chi connectivity index (χ1v) is 7.10. The van der Waals surface area contributed by atoms with Gasteiger partial charge in [-0.1, -0.05) is 11.8 Å². The first-order valence-electron chi connectivity index (χ1n) is 5.43. The van der Waals surface area contributed by atoms with Crippen LogP contribution in [0.3, 0.4) is 0 Å². The van der Waals surface area contributed by atoms with Crippen molar-refractivity contribution in [2.45, 2.75) is 18.6 Å². The zero-order valence-electron chi connectivity index (χ0n) is 9.72. The average molecular weight is 330 g/mol. The molecule has 1 aromatic rings. The second kappa shape index (κ2) is 5.32. The largest absolute Gasteiger partial charge is 0.507 e. The van der Waals surface area contributed by atoms with Gasteiger partial charge in [-0.2, -0.15) is 0 Å². The van der Waals surface area contributed by atoms with Gasteiger partial charge in [-0.25, -0.2) is 0 Å². The molecule has 1 saturated heterocycles. The topological polar surface area (TPSA) is 57.6 Å². The van der Waals surface area contributed by atoms with Gasteiger partial charge < -0.3 is 10.0 Å². The van der Waals surface area contributed by atoms with Gasteiger partial charge in [0.25, 0.3) is 0 Å². The molecule has 1 N–H and O–H groups in total. The van der Waals surface area contributed by atoms with E-state index in [9.17, 15) is 14.7 Å². The van der Waals surface area contributed by atoms with Crippen molar-refractivity contribution in [1.82, 2.24) is 0 Å². The summed E-state index contributed by atoms with van der Waals surface area (Å²) < 4.78 is 0.551. The molecule has 1 aliphatic rings. The van der Waals surface area contributed by atoms with Crippen molar-refractivity contribution in [2.24, 2.45) is 0 Å². The van der Waals surface area contributed by atoms with Crippen LogP contribution in [-0.2, 0) is 9.59 Å². The van der Waals surface area contributed by atoms with Crippen molar-refractivity contribution in [3.8, 4) is 5.75 Å². The number of halogens is 1. The van der Waals surface area contributed by atoms with E-state index in [2.05, 4.69) is 15.9 Å². The molecule has 1 unspecified atom stereocenters. The van der Waals surface area contributed by atoms with E-state index in [0.29, 0.717) is 17.4 Å². The normalized spacial score (nSPS) is 19.3. The molecule has 1 aliphatic heterocycles. The minimum absolute atomic E-state index is 0.00587. The number of phenolic OH excluding ortho intramolecular Hbond substituents is 1. The Bertz CT molecular complexity index is 506. The molecule has 0 aliphatic carbocycles. The van der Waals surface area contributed by atoms with Crippen LogP contribution in [0.2, 0.25) is 0 Å². The number of nitrogens with zero attached hydrogens (tertiary/aromatic N) is 1. The highest BCUT2D eigenvalue weighted by Gasteiger charge is 2.32. The third-order valence-electron chi connectivity index (χ3n) is 2.67. The second-order valence-corrected chi connectivity index (χ2v) is 6.41. The maximum absolute atomic E-state index is 11.9. The summed E-state index contributed by atoms with van der Waals surface area (Å²) in [6.07, 6.45) is 0.378. The average Bonchev–Trinajstić information content (AvgIpc) is 2.62. The van der Waals surface area contributed by atoms with Crippen molar-refractivity contribution in [3.63, 3.8) is 0 Å². The van der Waals surface area contributed by atoms with Crippen LogP contribution in [0.4, 0.5) is 5.69 Å². The number of rotatable bonds is 2. The third kappa shape index (κ3) is 2.87. The van der Waals surface area contributed by atoms with E-state index >= 15 is 0 Å². The van der Waals surface area contributed by atoms with Crippen LogP contribution in [0.15, 0.2) is 22.7 Å². The summed E-state index contributed by atoms with van der Waals surface area (Å²) in [6.45, 7) is 2.04. The molecule has 0 radical (unpaired) electrons. The van der Waals surface area contributed by atoms with Crippen LogP contribution >= 0.6 is 27.7 Å². The lowest BCUT2D eigenvalue weighted by Gasteiger charge is -2.17. The van der Waals surface area contributed by atoms with Crippen molar-refractivity contribution < 1.29 is 14.7 Å². The van der Waals surface area contributed by atoms with Crippen molar-refractivity contribution >= 4 is 44.4 Å². The fourth-order valence-corrected chi connectivity index (χ4v) is 3.19. The van der Waals surface area contributed by atoms with Gasteiger partial charge in [0.05, 0.1) is 4.47 Å². The lowest BCUT2D eigenvalue weighted by Crippen LogP contribution is -2.24. The number of thioether (sulfide) groups is 1. The Balaban J connectivity index is 2.16. The maximum Gasteiger partial charge on any atom is 0.228 e. The van der Waals surface area contributed by atoms with Crippen LogP contribution in [0.1, 0.15) is 13.3 Å². The van der Waals surface area contributed by atoms with Crippen LogP contribution in [0, 0.1) is 0 Å². The van der Waals surface area contributed by atoms with Gasteiger partial charge in [-0.15, -0.1) is 0 Å². The Kier molecular flexibility index (Phi) is 3.97. The summed E-state index contributed by atoms with van der Waals surface area (Å²) in [5.41, 5.74) is 0.733. The number of carbonyl (C=O) groups is 2. The van der Waals surface area contributed by atoms with E-state index in [4.69, 9.17) is 0 Å². The lowest BCUT2D eigenvalue weighted by molar-refractivity contribution is -0.117. The highest BCUT2D eigenvalue weighted by atomic mass is 79.9. The highest BCUT2D eigenvalue weighted by molar-refractivity contribution is 9.10. The SMILES string of the molecule is CC(=O)SC1CC(=O)N(c2ccc(O)c(Br)c2)C1. The van der Waals surface area contributed by atoms with Gasteiger partial charge in [0.1, 0.15) is 5.75 Å². The minimum atomic E-state index is 0.00587. The summed E-state index contributed by atoms with van der Waals surface area (Å²) in [6, 6.07) is 4.94. The molecule has 1 atom stereocenters. The number of benzene rings is 1. The van der Waals surface area contributed by atoms with Crippen LogP contribution in [0.5, 0.6) is 5.75 Å². The summed E-state index contributed by atoms with van der Waals surface area (Å²) in [5.74, 6) is 0.145. The zero-order chi connectivity index (χ0) is 13.3. The first-order chi connectivity index (χ1) is 8.47. The van der Waals surface area contributed by atoms with Crippen molar-refractivity contribution in [3.05, 3.63) is 22.7 Å². The molecule has 96 valence electrons. The molecule has 0 bridgehead atoms. The van der Waals surface area contributed by atoms with E-state index in [1.54, 1.807) is 17.0 Å². The van der Waals surface area contributed by atoms with Gasteiger partial charge in [-0.05, 0) is 34.1 Å². The Morgan fingerprint density at radius 1 is 1.56 bits per heavy atom. The molecule has 1 fully saturated rings. The molecule has 0 spiro atoms. The predicted octanol–water partition coefficient (Wildman–Crippen LogP) is 2.54. The number of hydrogen-bond donors (Lipinski definition) is 1. The van der Waals surface area contributed by atoms with E-state index in [1.807, 2.05) is 0 Å². The number of aromatic hydroxyl groups is 1. The number of amides is 1. The Labute approximate surface area is 117 Å². The van der Waals surface area contributed by atoms with Crippen molar-refractivity contribution in [2.75, 3.05) is 11.4 Å². The number of carbonyl (C=O) groups excluding carboxylic acids is 2. The summed E-state index contributed by atoms with van der Waals surface area (Å²) in [5, 5.41) is 9.47. The Hall–Kier alpha value is -1.01. The standard InChI is InChI=1S/C12H12BrNO3S/c1-7(15)18-9-5-12(17)14(6-9)8-2-3-11(16)10(13)4-8/h2-4,9,16H,5-6H2,1H3. The minimum Gasteiger partial charge on any atom is -0.507 e. The van der Waals surface area contributed by atoms with Crippen LogP contribution in [-0.4, -0.2) is 27.9 Å².